The van der Waals surface area contributed by atoms with Gasteiger partial charge in [0, 0.05) is 5.02 Å². The van der Waals surface area contributed by atoms with E-state index in [4.69, 9.17) is 25.8 Å². The van der Waals surface area contributed by atoms with Gasteiger partial charge in [-0.15, -0.1) is 0 Å². The highest BCUT2D eigenvalue weighted by Crippen LogP contribution is 2.39. The normalized spacial score (nSPS) is 16.4. The van der Waals surface area contributed by atoms with Crippen molar-refractivity contribution in [1.82, 2.24) is 5.32 Å². The van der Waals surface area contributed by atoms with Crippen molar-refractivity contribution in [3.05, 3.63) is 51.4 Å². The second-order valence-corrected chi connectivity index (χ2v) is 7.26. The van der Waals surface area contributed by atoms with Crippen LogP contribution in [0.2, 0.25) is 5.02 Å². The molecule has 1 amide bonds. The standard InChI is InChI=1S/C20H19ClN2O4S/c1-11-13(21)6-5-7-14(11)22-20-23-19(24)17(28-20)10-12-8-15(25-2)18(27-4)16(9-12)26-3/h5-10H,1-4H3,(H,22,23,24)/b17-10-. The number of methoxy groups -OCH3 is 3. The van der Waals surface area contributed by atoms with E-state index in [1.165, 1.54) is 11.8 Å². The first kappa shape index (κ1) is 20.1. The van der Waals surface area contributed by atoms with Gasteiger partial charge in [-0.3, -0.25) is 4.79 Å². The molecule has 0 spiro atoms. The quantitative estimate of drug-likeness (QED) is 0.720. The van der Waals surface area contributed by atoms with E-state index >= 15 is 0 Å². The number of rotatable bonds is 5. The zero-order chi connectivity index (χ0) is 20.3. The fourth-order valence-electron chi connectivity index (χ4n) is 2.64. The molecule has 1 N–H and O–H groups in total. The van der Waals surface area contributed by atoms with Crippen LogP contribution >= 0.6 is 23.4 Å². The summed E-state index contributed by atoms with van der Waals surface area (Å²) >= 11 is 7.39. The number of hydrogen-bond acceptors (Lipinski definition) is 6. The number of nitrogens with one attached hydrogen (secondary N) is 1. The summed E-state index contributed by atoms with van der Waals surface area (Å²) in [5.74, 6) is 1.30. The van der Waals surface area contributed by atoms with Crippen LogP contribution in [0.15, 0.2) is 40.2 Å². The molecule has 0 aliphatic carbocycles. The van der Waals surface area contributed by atoms with Gasteiger partial charge in [0.1, 0.15) is 0 Å². The summed E-state index contributed by atoms with van der Waals surface area (Å²) in [7, 11) is 4.63. The zero-order valence-corrected chi connectivity index (χ0v) is 17.4. The van der Waals surface area contributed by atoms with Crippen LogP contribution in [0.1, 0.15) is 11.1 Å². The molecule has 2 aromatic carbocycles. The Morgan fingerprint density at radius 1 is 1.11 bits per heavy atom. The molecule has 3 rings (SSSR count). The first-order valence-electron chi connectivity index (χ1n) is 8.31. The second kappa shape index (κ2) is 8.58. The second-order valence-electron chi connectivity index (χ2n) is 5.82. The van der Waals surface area contributed by atoms with Gasteiger partial charge in [-0.05, 0) is 60.2 Å². The number of ether oxygens (including phenoxy) is 3. The fraction of sp³-hybridized carbons (Fsp3) is 0.200. The molecule has 146 valence electrons. The number of halogens is 1. The number of carbonyl (C=O) groups excluding carboxylic acids is 1. The van der Waals surface area contributed by atoms with Crippen LogP contribution < -0.4 is 19.5 Å². The van der Waals surface area contributed by atoms with Gasteiger partial charge in [0.15, 0.2) is 16.7 Å². The Labute approximate surface area is 172 Å². The van der Waals surface area contributed by atoms with Crippen LogP contribution in [-0.2, 0) is 4.79 Å². The Balaban J connectivity index is 1.93. The molecule has 0 saturated carbocycles. The average molecular weight is 419 g/mol. The third-order valence-electron chi connectivity index (χ3n) is 4.10. The maximum atomic E-state index is 12.4. The van der Waals surface area contributed by atoms with Crippen LogP contribution in [0.25, 0.3) is 6.08 Å². The summed E-state index contributed by atoms with van der Waals surface area (Å²) in [5, 5.41) is 3.90. The SMILES string of the molecule is COc1cc(/C=C2\SC(=Nc3cccc(Cl)c3C)NC2=O)cc(OC)c1OC. The van der Waals surface area contributed by atoms with Crippen LogP contribution in [0, 0.1) is 6.92 Å². The van der Waals surface area contributed by atoms with Crippen LogP contribution in [0.5, 0.6) is 17.2 Å². The fourth-order valence-corrected chi connectivity index (χ4v) is 3.65. The number of amides is 1. The third-order valence-corrected chi connectivity index (χ3v) is 5.42. The van der Waals surface area contributed by atoms with Crippen molar-refractivity contribution in [1.29, 1.82) is 0 Å². The molecule has 2 aromatic rings. The number of benzene rings is 2. The molecule has 0 bridgehead atoms. The minimum Gasteiger partial charge on any atom is -0.493 e. The van der Waals surface area contributed by atoms with E-state index in [0.717, 1.165) is 11.1 Å². The minimum absolute atomic E-state index is 0.225. The molecule has 1 aliphatic rings. The average Bonchev–Trinajstić information content (AvgIpc) is 3.03. The first-order valence-corrected chi connectivity index (χ1v) is 9.51. The Morgan fingerprint density at radius 3 is 2.39 bits per heavy atom. The van der Waals surface area contributed by atoms with Gasteiger partial charge in [-0.2, -0.15) is 0 Å². The van der Waals surface area contributed by atoms with Crippen molar-refractivity contribution in [2.75, 3.05) is 21.3 Å². The zero-order valence-electron chi connectivity index (χ0n) is 15.8. The van der Waals surface area contributed by atoms with E-state index in [-0.39, 0.29) is 5.91 Å². The summed E-state index contributed by atoms with van der Waals surface area (Å²) < 4.78 is 16.0. The molecule has 1 heterocycles. The number of amidine groups is 1. The largest absolute Gasteiger partial charge is 0.493 e. The van der Waals surface area contributed by atoms with Crippen LogP contribution in [-0.4, -0.2) is 32.4 Å². The molecule has 28 heavy (non-hydrogen) atoms. The predicted octanol–water partition coefficient (Wildman–Crippen LogP) is 4.57. The summed E-state index contributed by atoms with van der Waals surface area (Å²) in [4.78, 5) is 17.4. The predicted molar refractivity (Wildman–Crippen MR) is 113 cm³/mol. The van der Waals surface area contributed by atoms with E-state index in [1.807, 2.05) is 19.1 Å². The summed E-state index contributed by atoms with van der Waals surface area (Å²) in [5.41, 5.74) is 2.31. The van der Waals surface area contributed by atoms with Crippen LogP contribution in [0.3, 0.4) is 0 Å². The lowest BCUT2D eigenvalue weighted by atomic mass is 10.1. The molecule has 6 nitrogen and oxygen atoms in total. The van der Waals surface area contributed by atoms with Crippen molar-refractivity contribution >= 4 is 46.2 Å². The molecule has 0 aromatic heterocycles. The molecule has 1 fully saturated rings. The van der Waals surface area contributed by atoms with Crippen molar-refractivity contribution in [2.24, 2.45) is 4.99 Å². The molecule has 0 radical (unpaired) electrons. The van der Waals surface area contributed by atoms with E-state index < -0.39 is 0 Å². The smallest absolute Gasteiger partial charge is 0.264 e. The number of carbonyl (C=O) groups is 1. The summed E-state index contributed by atoms with van der Waals surface area (Å²) in [6, 6.07) is 9.03. The number of thioether (sulfide) groups is 1. The Hall–Kier alpha value is -2.64. The van der Waals surface area contributed by atoms with Crippen LogP contribution in [0.4, 0.5) is 5.69 Å². The van der Waals surface area contributed by atoms with E-state index in [9.17, 15) is 4.79 Å². The summed E-state index contributed by atoms with van der Waals surface area (Å²) in [6.45, 7) is 1.88. The molecule has 0 unspecified atom stereocenters. The van der Waals surface area contributed by atoms with Crippen molar-refractivity contribution < 1.29 is 19.0 Å². The van der Waals surface area contributed by atoms with E-state index in [1.54, 1.807) is 45.6 Å². The van der Waals surface area contributed by atoms with Gasteiger partial charge in [-0.1, -0.05) is 17.7 Å². The molecular weight excluding hydrogens is 400 g/mol. The number of hydrogen-bond donors (Lipinski definition) is 1. The monoisotopic (exact) mass is 418 g/mol. The van der Waals surface area contributed by atoms with Gasteiger partial charge >= 0.3 is 0 Å². The highest BCUT2D eigenvalue weighted by Gasteiger charge is 2.24. The van der Waals surface area contributed by atoms with Gasteiger partial charge in [0.05, 0.1) is 31.9 Å². The Kier molecular flexibility index (Phi) is 6.16. The summed E-state index contributed by atoms with van der Waals surface area (Å²) in [6.07, 6.45) is 1.75. The van der Waals surface area contributed by atoms with Crippen molar-refractivity contribution in [3.63, 3.8) is 0 Å². The number of nitrogens with zero attached hydrogens (tertiary/aromatic N) is 1. The lowest BCUT2D eigenvalue weighted by Crippen LogP contribution is -2.19. The molecule has 8 heteroatoms. The third kappa shape index (κ3) is 4.10. The highest BCUT2D eigenvalue weighted by molar-refractivity contribution is 8.18. The van der Waals surface area contributed by atoms with Gasteiger partial charge in [-0.25, -0.2) is 4.99 Å². The Morgan fingerprint density at radius 2 is 1.79 bits per heavy atom. The minimum atomic E-state index is -0.225. The molecular formula is C20H19ClN2O4S. The van der Waals surface area contributed by atoms with E-state index in [2.05, 4.69) is 10.3 Å². The molecule has 1 aliphatic heterocycles. The maximum absolute atomic E-state index is 12.4. The highest BCUT2D eigenvalue weighted by atomic mass is 35.5. The number of aliphatic imine (C=N–C) groups is 1. The lowest BCUT2D eigenvalue weighted by Gasteiger charge is -2.12. The maximum Gasteiger partial charge on any atom is 0.264 e. The van der Waals surface area contributed by atoms with Gasteiger partial charge < -0.3 is 19.5 Å². The molecule has 0 atom stereocenters. The van der Waals surface area contributed by atoms with Gasteiger partial charge in [0.25, 0.3) is 5.91 Å². The Bertz CT molecular complexity index is 963. The lowest BCUT2D eigenvalue weighted by molar-refractivity contribution is -0.115. The van der Waals surface area contributed by atoms with Crippen molar-refractivity contribution in [3.8, 4) is 17.2 Å². The molecule has 1 saturated heterocycles. The van der Waals surface area contributed by atoms with E-state index in [0.29, 0.717) is 38.0 Å². The van der Waals surface area contributed by atoms with Gasteiger partial charge in [0.2, 0.25) is 5.75 Å². The van der Waals surface area contributed by atoms with Crippen molar-refractivity contribution in [2.45, 2.75) is 6.92 Å². The topological polar surface area (TPSA) is 69.2 Å². The first-order chi connectivity index (χ1) is 13.5.